The molecule has 0 saturated carbocycles. The van der Waals surface area contributed by atoms with Crippen molar-refractivity contribution in [3.05, 3.63) is 71.6 Å². The van der Waals surface area contributed by atoms with Crippen molar-refractivity contribution >= 4 is 23.6 Å². The van der Waals surface area contributed by atoms with Crippen LogP contribution in [0.25, 0.3) is 0 Å². The van der Waals surface area contributed by atoms with E-state index in [9.17, 15) is 9.59 Å². The van der Waals surface area contributed by atoms with E-state index in [2.05, 4.69) is 0 Å². The van der Waals surface area contributed by atoms with Crippen LogP contribution >= 0.6 is 0 Å². The van der Waals surface area contributed by atoms with E-state index in [4.69, 9.17) is 9.73 Å². The Morgan fingerprint density at radius 2 is 1.66 bits per heavy atom. The number of rotatable bonds is 4. The molecule has 2 aromatic rings. The maximum atomic E-state index is 13.6. The number of amides is 3. The minimum atomic E-state index is -0.605. The Hall–Kier alpha value is -3.81. The molecule has 1 saturated heterocycles. The summed E-state index contributed by atoms with van der Waals surface area (Å²) in [4.78, 5) is 38.4. The first-order chi connectivity index (χ1) is 15.4. The summed E-state index contributed by atoms with van der Waals surface area (Å²) < 4.78 is 5.57. The van der Waals surface area contributed by atoms with Crippen LogP contribution in [0.5, 0.6) is 5.75 Å². The Bertz CT molecular complexity index is 1160. The molecule has 3 aliphatic heterocycles. The lowest BCUT2D eigenvalue weighted by atomic mass is 10.1. The first kappa shape index (κ1) is 20.1. The fourth-order valence-corrected chi connectivity index (χ4v) is 4.63. The number of guanidine groups is 1. The van der Waals surface area contributed by atoms with Crippen LogP contribution in [-0.4, -0.2) is 59.0 Å². The molecule has 1 fully saturated rings. The predicted octanol–water partition coefficient (Wildman–Crippen LogP) is 3.23. The van der Waals surface area contributed by atoms with Gasteiger partial charge in [0.2, 0.25) is 5.96 Å². The van der Waals surface area contributed by atoms with E-state index in [1.807, 2.05) is 78.2 Å². The number of aliphatic imine (C=N–C) groups is 1. The molecular formula is C24H25N5O3. The van der Waals surface area contributed by atoms with E-state index in [1.54, 1.807) is 19.1 Å². The summed E-state index contributed by atoms with van der Waals surface area (Å²) in [6, 6.07) is 16.3. The van der Waals surface area contributed by atoms with Gasteiger partial charge in [0.05, 0.1) is 19.3 Å². The lowest BCUT2D eigenvalue weighted by molar-refractivity contribution is -0.137. The smallest absolute Gasteiger partial charge is 0.328 e. The highest BCUT2D eigenvalue weighted by atomic mass is 16.5. The Kier molecular flexibility index (Phi) is 4.65. The number of imide groups is 1. The molecular weight excluding hydrogens is 406 g/mol. The number of hydrogen-bond acceptors (Lipinski definition) is 6. The molecule has 164 valence electrons. The third-order valence-electron chi connectivity index (χ3n) is 6.40. The minimum absolute atomic E-state index is 0.229. The zero-order valence-electron chi connectivity index (χ0n) is 18.5. The zero-order valence-corrected chi connectivity index (χ0v) is 18.5. The number of allylic oxidation sites excluding steroid dienone is 2. The minimum Gasteiger partial charge on any atom is -0.495 e. The number of ether oxygens (including phenoxy) is 1. The van der Waals surface area contributed by atoms with Crippen LogP contribution in [0.1, 0.15) is 19.4 Å². The number of carbonyl (C=O) groups excluding carboxylic acids is 2. The van der Waals surface area contributed by atoms with Gasteiger partial charge < -0.3 is 9.64 Å². The van der Waals surface area contributed by atoms with Gasteiger partial charge in [0.1, 0.15) is 5.75 Å². The lowest BCUT2D eigenvalue weighted by Gasteiger charge is -2.40. The molecule has 0 spiro atoms. The van der Waals surface area contributed by atoms with Crippen molar-refractivity contribution in [1.82, 2.24) is 14.7 Å². The van der Waals surface area contributed by atoms with Crippen LogP contribution in [0.4, 0.5) is 10.5 Å². The SMILES string of the molecule is COc1ccccc1N1C2=NC3C(C(=O)N(Cc4ccccc4)C(=O)N3C)N2C(C)=C1C. The molecule has 5 rings (SSSR count). The molecule has 3 aliphatic rings. The van der Waals surface area contributed by atoms with Crippen LogP contribution in [0.15, 0.2) is 71.0 Å². The Labute approximate surface area is 187 Å². The predicted molar refractivity (Wildman–Crippen MR) is 121 cm³/mol. The number of para-hydroxylation sites is 2. The first-order valence-electron chi connectivity index (χ1n) is 10.5. The topological polar surface area (TPSA) is 68.7 Å². The molecule has 0 radical (unpaired) electrons. The maximum absolute atomic E-state index is 13.6. The number of urea groups is 1. The van der Waals surface area contributed by atoms with E-state index < -0.39 is 12.2 Å². The van der Waals surface area contributed by atoms with Crippen LogP contribution in [0, 0.1) is 0 Å². The van der Waals surface area contributed by atoms with Gasteiger partial charge in [-0.05, 0) is 31.5 Å². The average molecular weight is 431 g/mol. The van der Waals surface area contributed by atoms with Gasteiger partial charge in [-0.2, -0.15) is 0 Å². The highest BCUT2D eigenvalue weighted by molar-refractivity contribution is 6.11. The van der Waals surface area contributed by atoms with Gasteiger partial charge in [0.15, 0.2) is 12.2 Å². The monoisotopic (exact) mass is 431 g/mol. The standard InChI is InChI=1S/C24H25N5O3/c1-15-16(2)29-20-21(25-23(29)28(15)18-12-8-9-13-19(18)32-4)26(3)24(31)27(22(20)30)14-17-10-6-5-7-11-17/h5-13,20-21H,14H2,1-4H3. The molecule has 0 bridgehead atoms. The van der Waals surface area contributed by atoms with Crippen molar-refractivity contribution < 1.29 is 14.3 Å². The summed E-state index contributed by atoms with van der Waals surface area (Å²) in [6.45, 7) is 4.21. The van der Waals surface area contributed by atoms with Crippen molar-refractivity contribution in [3.63, 3.8) is 0 Å². The number of hydrogen-bond donors (Lipinski definition) is 0. The van der Waals surface area contributed by atoms with Crippen LogP contribution in [0.2, 0.25) is 0 Å². The van der Waals surface area contributed by atoms with Gasteiger partial charge in [-0.3, -0.25) is 19.5 Å². The third-order valence-corrected chi connectivity index (χ3v) is 6.40. The molecule has 2 atom stereocenters. The van der Waals surface area contributed by atoms with Crippen LogP contribution in [-0.2, 0) is 11.3 Å². The van der Waals surface area contributed by atoms with E-state index in [1.165, 1.54) is 4.90 Å². The number of fused-ring (bicyclic) bond motifs is 3. The Balaban J connectivity index is 1.54. The Morgan fingerprint density at radius 1 is 0.969 bits per heavy atom. The maximum Gasteiger partial charge on any atom is 0.328 e. The molecule has 8 heteroatoms. The fraction of sp³-hybridized carbons (Fsp3) is 0.292. The summed E-state index contributed by atoms with van der Waals surface area (Å²) in [6.07, 6.45) is -0.586. The van der Waals surface area contributed by atoms with Gasteiger partial charge in [-0.15, -0.1) is 0 Å². The van der Waals surface area contributed by atoms with Crippen molar-refractivity contribution in [3.8, 4) is 5.75 Å². The first-order valence-corrected chi connectivity index (χ1v) is 10.5. The second-order valence-electron chi connectivity index (χ2n) is 8.14. The third kappa shape index (κ3) is 2.79. The molecule has 0 N–H and O–H groups in total. The van der Waals surface area contributed by atoms with E-state index in [0.29, 0.717) is 11.7 Å². The lowest BCUT2D eigenvalue weighted by Crippen LogP contribution is -2.64. The van der Waals surface area contributed by atoms with E-state index in [0.717, 1.165) is 22.6 Å². The van der Waals surface area contributed by atoms with Crippen LogP contribution in [0.3, 0.4) is 0 Å². The number of benzene rings is 2. The highest BCUT2D eigenvalue weighted by Gasteiger charge is 2.56. The highest BCUT2D eigenvalue weighted by Crippen LogP contribution is 2.42. The molecule has 2 aromatic carbocycles. The largest absolute Gasteiger partial charge is 0.495 e. The van der Waals surface area contributed by atoms with Crippen molar-refractivity contribution in [2.45, 2.75) is 32.6 Å². The van der Waals surface area contributed by atoms with Crippen molar-refractivity contribution in [1.29, 1.82) is 0 Å². The van der Waals surface area contributed by atoms with Crippen LogP contribution < -0.4 is 9.64 Å². The molecule has 0 aromatic heterocycles. The summed E-state index contributed by atoms with van der Waals surface area (Å²) in [5.41, 5.74) is 3.64. The Morgan fingerprint density at radius 3 is 2.38 bits per heavy atom. The number of likely N-dealkylation sites (N-methyl/N-ethyl adjacent to an activating group) is 1. The van der Waals surface area contributed by atoms with Crippen molar-refractivity contribution in [2.75, 3.05) is 19.1 Å². The van der Waals surface area contributed by atoms with Gasteiger partial charge in [-0.1, -0.05) is 42.5 Å². The quantitative estimate of drug-likeness (QED) is 0.744. The summed E-state index contributed by atoms with van der Waals surface area (Å²) >= 11 is 0. The molecule has 8 nitrogen and oxygen atoms in total. The van der Waals surface area contributed by atoms with Crippen molar-refractivity contribution in [2.24, 2.45) is 4.99 Å². The van der Waals surface area contributed by atoms with Gasteiger partial charge in [0, 0.05) is 18.4 Å². The molecule has 2 unspecified atom stereocenters. The number of anilines is 1. The molecule has 0 aliphatic carbocycles. The van der Waals surface area contributed by atoms with Gasteiger partial charge in [-0.25, -0.2) is 9.79 Å². The van der Waals surface area contributed by atoms with E-state index in [-0.39, 0.29) is 18.5 Å². The second kappa shape index (κ2) is 7.40. The fourth-order valence-electron chi connectivity index (χ4n) is 4.63. The number of nitrogens with zero attached hydrogens (tertiary/aromatic N) is 5. The summed E-state index contributed by atoms with van der Waals surface area (Å²) in [5.74, 6) is 1.10. The second-order valence-corrected chi connectivity index (χ2v) is 8.14. The zero-order chi connectivity index (χ0) is 22.6. The summed E-state index contributed by atoms with van der Waals surface area (Å²) in [5, 5.41) is 0. The number of methoxy groups -OCH3 is 1. The molecule has 3 heterocycles. The van der Waals surface area contributed by atoms with Gasteiger partial charge in [0.25, 0.3) is 5.91 Å². The number of carbonyl (C=O) groups is 2. The molecule has 3 amide bonds. The average Bonchev–Trinajstić information content (AvgIpc) is 3.31. The van der Waals surface area contributed by atoms with Gasteiger partial charge >= 0.3 is 6.03 Å². The molecule has 32 heavy (non-hydrogen) atoms. The van der Waals surface area contributed by atoms with E-state index >= 15 is 0 Å². The normalized spacial score (nSPS) is 22.4. The summed E-state index contributed by atoms with van der Waals surface area (Å²) in [7, 11) is 3.34.